The van der Waals surface area contributed by atoms with Gasteiger partial charge in [0.25, 0.3) is 0 Å². The highest BCUT2D eigenvalue weighted by atomic mass is 16.5. The van der Waals surface area contributed by atoms with Gasteiger partial charge in [-0.2, -0.15) is 0 Å². The molecule has 0 bridgehead atoms. The summed E-state index contributed by atoms with van der Waals surface area (Å²) >= 11 is 0. The predicted octanol–water partition coefficient (Wildman–Crippen LogP) is 4.49. The number of hydrogen-bond donors (Lipinski definition) is 3. The van der Waals surface area contributed by atoms with Gasteiger partial charge in [0.15, 0.2) is 0 Å². The van der Waals surface area contributed by atoms with Crippen LogP contribution in [0.4, 0.5) is 32.6 Å². The average molecular weight is 490 g/mol. The Morgan fingerprint density at radius 2 is 1.78 bits per heavy atom. The number of urea groups is 2. The molecule has 0 atom stereocenters. The molecule has 0 radical (unpaired) electrons. The topological polar surface area (TPSA) is 112 Å². The summed E-state index contributed by atoms with van der Waals surface area (Å²) in [6.45, 7) is 8.72. The summed E-state index contributed by atoms with van der Waals surface area (Å²) in [6, 6.07) is 12.5. The lowest BCUT2D eigenvalue weighted by molar-refractivity contribution is 0.208. The molecular formula is C26H31N7O3. The Bertz CT molecular complexity index is 1210. The molecule has 0 unspecified atom stereocenters. The molecule has 1 aliphatic heterocycles. The third-order valence-corrected chi connectivity index (χ3v) is 5.81. The van der Waals surface area contributed by atoms with E-state index in [1.165, 1.54) is 0 Å². The van der Waals surface area contributed by atoms with Crippen LogP contribution >= 0.6 is 0 Å². The highest BCUT2D eigenvalue weighted by molar-refractivity contribution is 6.00. The molecule has 10 heteroatoms. The number of aryl methyl sites for hydroxylation is 2. The standard InChI is InChI=1S/C26H31N7O3/c1-4-36-22-9-7-18(2)16-21(22)30-25(34)29-20-8-10-23(28-17-20)32-12-14-33(15-13-32)26(35)31-24-19(3)6-5-11-27-24/h5-11,16-17H,4,12-15H2,1-3H3,(H,27,31,35)(H2,29,30,34). The second-order valence-electron chi connectivity index (χ2n) is 8.49. The molecule has 2 aromatic heterocycles. The lowest BCUT2D eigenvalue weighted by atomic mass is 10.2. The second-order valence-corrected chi connectivity index (χ2v) is 8.49. The quantitative estimate of drug-likeness (QED) is 0.470. The first kappa shape index (κ1) is 24.8. The maximum atomic E-state index is 12.6. The Kier molecular flexibility index (Phi) is 7.84. The van der Waals surface area contributed by atoms with Gasteiger partial charge in [-0.05, 0) is 62.2 Å². The summed E-state index contributed by atoms with van der Waals surface area (Å²) < 4.78 is 5.59. The number of rotatable bonds is 6. The van der Waals surface area contributed by atoms with Crippen molar-refractivity contribution in [2.75, 3.05) is 53.6 Å². The Morgan fingerprint density at radius 1 is 0.972 bits per heavy atom. The van der Waals surface area contributed by atoms with Crippen LogP contribution in [0.15, 0.2) is 54.9 Å². The van der Waals surface area contributed by atoms with Gasteiger partial charge in [-0.1, -0.05) is 12.1 Å². The summed E-state index contributed by atoms with van der Waals surface area (Å²) in [5, 5.41) is 8.52. The number of nitrogens with one attached hydrogen (secondary N) is 3. The third-order valence-electron chi connectivity index (χ3n) is 5.81. The number of carbonyl (C=O) groups is 2. The minimum absolute atomic E-state index is 0.156. The van der Waals surface area contributed by atoms with Gasteiger partial charge in [0.05, 0.1) is 24.2 Å². The first-order chi connectivity index (χ1) is 17.4. The van der Waals surface area contributed by atoms with Crippen LogP contribution in [-0.2, 0) is 0 Å². The van der Waals surface area contributed by atoms with Crippen LogP contribution in [-0.4, -0.2) is 59.7 Å². The molecule has 0 saturated carbocycles. The lowest BCUT2D eigenvalue weighted by Gasteiger charge is -2.35. The van der Waals surface area contributed by atoms with E-state index in [0.717, 1.165) is 16.9 Å². The minimum atomic E-state index is -0.376. The smallest absolute Gasteiger partial charge is 0.323 e. The van der Waals surface area contributed by atoms with E-state index in [1.54, 1.807) is 17.3 Å². The number of benzene rings is 1. The van der Waals surface area contributed by atoms with Crippen molar-refractivity contribution in [2.45, 2.75) is 20.8 Å². The van der Waals surface area contributed by atoms with Crippen molar-refractivity contribution in [3.05, 3.63) is 66.0 Å². The summed E-state index contributed by atoms with van der Waals surface area (Å²) in [4.78, 5) is 37.7. The Labute approximate surface area is 210 Å². The van der Waals surface area contributed by atoms with Gasteiger partial charge in [-0.3, -0.25) is 5.32 Å². The molecule has 0 spiro atoms. The maximum absolute atomic E-state index is 12.6. The molecule has 1 aliphatic rings. The largest absolute Gasteiger partial charge is 0.492 e. The Morgan fingerprint density at radius 3 is 2.47 bits per heavy atom. The van der Waals surface area contributed by atoms with Crippen LogP contribution in [0.5, 0.6) is 5.75 Å². The molecule has 3 heterocycles. The van der Waals surface area contributed by atoms with Crippen molar-refractivity contribution in [2.24, 2.45) is 0 Å². The number of carbonyl (C=O) groups excluding carboxylic acids is 2. The van der Waals surface area contributed by atoms with Crippen LogP contribution in [0, 0.1) is 13.8 Å². The molecule has 10 nitrogen and oxygen atoms in total. The molecule has 0 aliphatic carbocycles. The van der Waals surface area contributed by atoms with Crippen molar-refractivity contribution in [3.63, 3.8) is 0 Å². The SMILES string of the molecule is CCOc1ccc(C)cc1NC(=O)Nc1ccc(N2CCN(C(=O)Nc3ncccc3C)CC2)nc1. The normalized spacial score (nSPS) is 13.2. The summed E-state index contributed by atoms with van der Waals surface area (Å²) in [5.74, 6) is 1.99. The highest BCUT2D eigenvalue weighted by Gasteiger charge is 2.22. The van der Waals surface area contributed by atoms with E-state index >= 15 is 0 Å². The van der Waals surface area contributed by atoms with Crippen LogP contribution in [0.1, 0.15) is 18.1 Å². The average Bonchev–Trinajstić information content (AvgIpc) is 2.87. The predicted molar refractivity (Wildman–Crippen MR) is 141 cm³/mol. The van der Waals surface area contributed by atoms with E-state index in [1.807, 2.05) is 63.2 Å². The van der Waals surface area contributed by atoms with E-state index in [9.17, 15) is 9.59 Å². The molecule has 36 heavy (non-hydrogen) atoms. The van der Waals surface area contributed by atoms with E-state index in [0.29, 0.717) is 55.7 Å². The number of ether oxygens (including phenoxy) is 1. The van der Waals surface area contributed by atoms with E-state index in [-0.39, 0.29) is 12.1 Å². The summed E-state index contributed by atoms with van der Waals surface area (Å²) in [6.07, 6.45) is 3.28. The van der Waals surface area contributed by atoms with Crippen molar-refractivity contribution < 1.29 is 14.3 Å². The fourth-order valence-electron chi connectivity index (χ4n) is 3.89. The lowest BCUT2D eigenvalue weighted by Crippen LogP contribution is -2.50. The minimum Gasteiger partial charge on any atom is -0.492 e. The monoisotopic (exact) mass is 489 g/mol. The van der Waals surface area contributed by atoms with Gasteiger partial charge in [-0.15, -0.1) is 0 Å². The summed E-state index contributed by atoms with van der Waals surface area (Å²) in [7, 11) is 0. The second kappa shape index (κ2) is 11.4. The van der Waals surface area contributed by atoms with Crippen LogP contribution in [0.2, 0.25) is 0 Å². The number of pyridine rings is 2. The number of amides is 4. The van der Waals surface area contributed by atoms with Crippen molar-refractivity contribution >= 4 is 35.1 Å². The van der Waals surface area contributed by atoms with Crippen LogP contribution < -0.4 is 25.6 Å². The molecular weight excluding hydrogens is 458 g/mol. The fraction of sp³-hybridized carbons (Fsp3) is 0.308. The van der Waals surface area contributed by atoms with Gasteiger partial charge >= 0.3 is 12.1 Å². The molecule has 3 N–H and O–H groups in total. The Hall–Kier alpha value is -4.34. The zero-order valence-electron chi connectivity index (χ0n) is 20.7. The van der Waals surface area contributed by atoms with Gasteiger partial charge < -0.3 is 25.2 Å². The summed E-state index contributed by atoms with van der Waals surface area (Å²) in [5.41, 5.74) is 3.12. The fourth-order valence-corrected chi connectivity index (χ4v) is 3.89. The number of piperazine rings is 1. The van der Waals surface area contributed by atoms with E-state index in [2.05, 4.69) is 30.8 Å². The molecule has 4 amide bonds. The van der Waals surface area contributed by atoms with Gasteiger partial charge in [0.1, 0.15) is 17.4 Å². The number of aromatic nitrogens is 2. The highest BCUT2D eigenvalue weighted by Crippen LogP contribution is 2.26. The molecule has 1 fully saturated rings. The number of nitrogens with zero attached hydrogens (tertiary/aromatic N) is 4. The van der Waals surface area contributed by atoms with Gasteiger partial charge in [0, 0.05) is 32.4 Å². The molecule has 188 valence electrons. The Balaban J connectivity index is 1.29. The van der Waals surface area contributed by atoms with Crippen LogP contribution in [0.25, 0.3) is 0 Å². The van der Waals surface area contributed by atoms with E-state index in [4.69, 9.17) is 4.74 Å². The molecule has 1 aromatic carbocycles. The third kappa shape index (κ3) is 6.21. The first-order valence-corrected chi connectivity index (χ1v) is 11.9. The van der Waals surface area contributed by atoms with Crippen molar-refractivity contribution in [3.8, 4) is 5.75 Å². The van der Waals surface area contributed by atoms with Gasteiger partial charge in [0.2, 0.25) is 0 Å². The maximum Gasteiger partial charge on any atom is 0.323 e. The van der Waals surface area contributed by atoms with E-state index < -0.39 is 0 Å². The van der Waals surface area contributed by atoms with Crippen molar-refractivity contribution in [1.29, 1.82) is 0 Å². The van der Waals surface area contributed by atoms with Gasteiger partial charge in [-0.25, -0.2) is 19.6 Å². The van der Waals surface area contributed by atoms with Crippen molar-refractivity contribution in [1.82, 2.24) is 14.9 Å². The first-order valence-electron chi connectivity index (χ1n) is 11.9. The van der Waals surface area contributed by atoms with Crippen LogP contribution in [0.3, 0.4) is 0 Å². The molecule has 3 aromatic rings. The zero-order chi connectivity index (χ0) is 25.5. The number of anilines is 4. The molecule has 4 rings (SSSR count). The molecule has 1 saturated heterocycles. The number of hydrogen-bond acceptors (Lipinski definition) is 6. The zero-order valence-corrected chi connectivity index (χ0v) is 20.7.